The molecule has 0 saturated heterocycles. The number of fused-ring (bicyclic) bond motifs is 1. The molecule has 0 aliphatic heterocycles. The Bertz CT molecular complexity index is 464. The maximum atomic E-state index is 12.9. The van der Waals surface area contributed by atoms with Crippen LogP contribution in [-0.4, -0.2) is 21.3 Å². The molecule has 74 valence electrons. The smallest absolute Gasteiger partial charge is 0.125 e. The van der Waals surface area contributed by atoms with Crippen LogP contribution in [0.5, 0.6) is 0 Å². The van der Waals surface area contributed by atoms with Gasteiger partial charge in [-0.15, -0.1) is 0 Å². The minimum absolute atomic E-state index is 0.0552. The van der Waals surface area contributed by atoms with Crippen LogP contribution in [0.4, 0.5) is 4.39 Å². The van der Waals surface area contributed by atoms with Crippen LogP contribution in [0.1, 0.15) is 5.82 Å². The number of aryl methyl sites for hydroxylation is 1. The lowest BCUT2D eigenvalue weighted by Crippen LogP contribution is -2.00. The monoisotopic (exact) mass is 194 g/mol. The zero-order valence-electron chi connectivity index (χ0n) is 7.87. The van der Waals surface area contributed by atoms with Crippen molar-refractivity contribution >= 4 is 11.0 Å². The number of rotatable bonds is 2. The molecule has 14 heavy (non-hydrogen) atoms. The number of benzene rings is 1. The molecule has 0 saturated carbocycles. The number of hydrogen-bond acceptors (Lipinski definition) is 2. The molecule has 0 amide bonds. The number of halogens is 1. The lowest BCUT2D eigenvalue weighted by atomic mass is 10.3. The maximum Gasteiger partial charge on any atom is 0.125 e. The van der Waals surface area contributed by atoms with E-state index in [0.717, 1.165) is 11.3 Å². The van der Waals surface area contributed by atoms with E-state index < -0.39 is 0 Å². The molecule has 1 aromatic carbocycles. The summed E-state index contributed by atoms with van der Waals surface area (Å²) in [6, 6.07) is 4.50. The highest BCUT2D eigenvalue weighted by Gasteiger charge is 2.07. The van der Waals surface area contributed by atoms with Crippen LogP contribution >= 0.6 is 0 Å². The molecule has 1 aromatic heterocycles. The van der Waals surface area contributed by atoms with E-state index in [9.17, 15) is 4.39 Å². The maximum absolute atomic E-state index is 12.9. The van der Waals surface area contributed by atoms with Crippen molar-refractivity contribution in [3.63, 3.8) is 0 Å². The number of nitrogens with zero attached hydrogens (tertiary/aromatic N) is 2. The van der Waals surface area contributed by atoms with Crippen molar-refractivity contribution in [2.75, 3.05) is 6.61 Å². The van der Waals surface area contributed by atoms with Gasteiger partial charge in [-0.3, -0.25) is 0 Å². The van der Waals surface area contributed by atoms with Crippen LogP contribution in [-0.2, 0) is 13.5 Å². The Morgan fingerprint density at radius 2 is 2.29 bits per heavy atom. The van der Waals surface area contributed by atoms with Crippen LogP contribution in [0, 0.1) is 5.82 Å². The summed E-state index contributed by atoms with van der Waals surface area (Å²) in [4.78, 5) is 4.23. The molecule has 0 aliphatic carbocycles. The number of hydrogen-bond donors (Lipinski definition) is 1. The molecule has 1 heterocycles. The Hall–Kier alpha value is -1.42. The van der Waals surface area contributed by atoms with Gasteiger partial charge in [-0.2, -0.15) is 0 Å². The fourth-order valence-corrected chi connectivity index (χ4v) is 1.55. The molecule has 2 rings (SSSR count). The minimum Gasteiger partial charge on any atom is -0.396 e. The molecular formula is C10H11FN2O. The van der Waals surface area contributed by atoms with Crippen LogP contribution in [0.15, 0.2) is 18.2 Å². The third kappa shape index (κ3) is 1.37. The van der Waals surface area contributed by atoms with Crippen molar-refractivity contribution in [1.82, 2.24) is 9.55 Å². The van der Waals surface area contributed by atoms with Gasteiger partial charge in [0.25, 0.3) is 0 Å². The van der Waals surface area contributed by atoms with Crippen LogP contribution in [0.25, 0.3) is 11.0 Å². The molecule has 1 N–H and O–H groups in total. The summed E-state index contributed by atoms with van der Waals surface area (Å²) in [5, 5.41) is 8.80. The van der Waals surface area contributed by atoms with Gasteiger partial charge >= 0.3 is 0 Å². The summed E-state index contributed by atoms with van der Waals surface area (Å²) in [6.07, 6.45) is 0.493. The normalized spacial score (nSPS) is 11.1. The molecule has 0 aliphatic rings. The Morgan fingerprint density at radius 1 is 1.50 bits per heavy atom. The number of imidazole rings is 1. The largest absolute Gasteiger partial charge is 0.396 e. The van der Waals surface area contributed by atoms with Crippen molar-refractivity contribution in [3.05, 3.63) is 29.8 Å². The second kappa shape index (κ2) is 3.38. The lowest BCUT2D eigenvalue weighted by molar-refractivity contribution is 0.295. The van der Waals surface area contributed by atoms with Crippen molar-refractivity contribution in [1.29, 1.82) is 0 Å². The van der Waals surface area contributed by atoms with Crippen molar-refractivity contribution < 1.29 is 9.50 Å². The highest BCUT2D eigenvalue weighted by Crippen LogP contribution is 2.16. The van der Waals surface area contributed by atoms with E-state index >= 15 is 0 Å². The SMILES string of the molecule is Cn1c(CCO)nc2cc(F)ccc21. The first-order valence-corrected chi connectivity index (χ1v) is 4.44. The zero-order valence-corrected chi connectivity index (χ0v) is 7.87. The Morgan fingerprint density at radius 3 is 3.00 bits per heavy atom. The van der Waals surface area contributed by atoms with Gasteiger partial charge in [-0.25, -0.2) is 9.37 Å². The molecule has 0 fully saturated rings. The number of aliphatic hydroxyl groups is 1. The minimum atomic E-state index is -0.286. The summed E-state index contributed by atoms with van der Waals surface area (Å²) >= 11 is 0. The second-order valence-corrected chi connectivity index (χ2v) is 3.19. The highest BCUT2D eigenvalue weighted by atomic mass is 19.1. The van der Waals surface area contributed by atoms with Gasteiger partial charge in [0.05, 0.1) is 17.6 Å². The van der Waals surface area contributed by atoms with Crippen molar-refractivity contribution in [2.24, 2.45) is 7.05 Å². The van der Waals surface area contributed by atoms with E-state index in [0.29, 0.717) is 11.9 Å². The van der Waals surface area contributed by atoms with E-state index in [1.807, 2.05) is 11.6 Å². The first kappa shape index (κ1) is 9.15. The molecule has 0 spiro atoms. The van der Waals surface area contributed by atoms with E-state index in [4.69, 9.17) is 5.11 Å². The third-order valence-electron chi connectivity index (χ3n) is 2.27. The van der Waals surface area contributed by atoms with Gasteiger partial charge in [0.2, 0.25) is 0 Å². The molecule has 0 unspecified atom stereocenters. The Kier molecular flexibility index (Phi) is 2.21. The molecule has 3 nitrogen and oxygen atoms in total. The molecule has 2 aromatic rings. The van der Waals surface area contributed by atoms with Gasteiger partial charge in [0, 0.05) is 19.5 Å². The van der Waals surface area contributed by atoms with Gasteiger partial charge < -0.3 is 9.67 Å². The Balaban J connectivity index is 2.61. The predicted octanol–water partition coefficient (Wildman–Crippen LogP) is 1.25. The summed E-state index contributed by atoms with van der Waals surface area (Å²) in [5.74, 6) is 0.485. The topological polar surface area (TPSA) is 38.0 Å². The average Bonchev–Trinajstić information content (AvgIpc) is 2.44. The van der Waals surface area contributed by atoms with E-state index in [1.54, 1.807) is 6.07 Å². The van der Waals surface area contributed by atoms with E-state index in [1.165, 1.54) is 12.1 Å². The molecule has 0 bridgehead atoms. The number of aliphatic hydroxyl groups excluding tert-OH is 1. The first-order valence-electron chi connectivity index (χ1n) is 4.44. The number of aromatic nitrogens is 2. The quantitative estimate of drug-likeness (QED) is 0.781. The summed E-state index contributed by atoms with van der Waals surface area (Å²) < 4.78 is 14.7. The van der Waals surface area contributed by atoms with Gasteiger partial charge in [-0.1, -0.05) is 0 Å². The fourth-order valence-electron chi connectivity index (χ4n) is 1.55. The van der Waals surface area contributed by atoms with Crippen LogP contribution < -0.4 is 0 Å². The third-order valence-corrected chi connectivity index (χ3v) is 2.27. The molecule has 0 atom stereocenters. The van der Waals surface area contributed by atoms with Crippen molar-refractivity contribution in [3.8, 4) is 0 Å². The zero-order chi connectivity index (χ0) is 10.1. The average molecular weight is 194 g/mol. The van der Waals surface area contributed by atoms with Crippen LogP contribution in [0.3, 0.4) is 0 Å². The molecule has 0 radical (unpaired) electrons. The highest BCUT2D eigenvalue weighted by molar-refractivity contribution is 5.75. The van der Waals surface area contributed by atoms with Gasteiger partial charge in [0.1, 0.15) is 11.6 Å². The molecular weight excluding hydrogens is 183 g/mol. The van der Waals surface area contributed by atoms with E-state index in [-0.39, 0.29) is 12.4 Å². The Labute approximate surface area is 80.8 Å². The first-order chi connectivity index (χ1) is 6.72. The van der Waals surface area contributed by atoms with Gasteiger partial charge in [0.15, 0.2) is 0 Å². The predicted molar refractivity (Wildman–Crippen MR) is 51.5 cm³/mol. The summed E-state index contributed by atoms with van der Waals surface area (Å²) in [5.41, 5.74) is 1.52. The summed E-state index contributed by atoms with van der Waals surface area (Å²) in [6.45, 7) is 0.0552. The van der Waals surface area contributed by atoms with Crippen molar-refractivity contribution in [2.45, 2.75) is 6.42 Å². The fraction of sp³-hybridized carbons (Fsp3) is 0.300. The van der Waals surface area contributed by atoms with E-state index in [2.05, 4.69) is 4.98 Å². The second-order valence-electron chi connectivity index (χ2n) is 3.19. The van der Waals surface area contributed by atoms with Gasteiger partial charge in [-0.05, 0) is 12.1 Å². The summed E-state index contributed by atoms with van der Waals surface area (Å²) in [7, 11) is 1.86. The lowest BCUT2D eigenvalue weighted by Gasteiger charge is -1.98. The standard InChI is InChI=1S/C10H11FN2O/c1-13-9-3-2-7(11)6-8(9)12-10(13)4-5-14/h2-3,6,14H,4-5H2,1H3. The molecule has 4 heteroatoms. The van der Waals surface area contributed by atoms with Crippen LogP contribution in [0.2, 0.25) is 0 Å².